The number of thiophene rings is 1. The van der Waals surface area contributed by atoms with Gasteiger partial charge in [0.1, 0.15) is 0 Å². The number of aromatic nitrogens is 3. The molecule has 3 heterocycles. The molecule has 0 N–H and O–H groups in total. The summed E-state index contributed by atoms with van der Waals surface area (Å²) in [5, 5.41) is 9.04. The average Bonchev–Trinajstić information content (AvgIpc) is 3.92. The van der Waals surface area contributed by atoms with Gasteiger partial charge in [0.15, 0.2) is 0 Å². The third-order valence-electron chi connectivity index (χ3n) is 12.6. The maximum atomic E-state index is 7.35. The summed E-state index contributed by atoms with van der Waals surface area (Å²) in [6.45, 7) is 14.0. The number of nitrogens with zero attached hydrogens (tertiary/aromatic N) is 3. The van der Waals surface area contributed by atoms with Crippen LogP contribution in [0.5, 0.6) is 0 Å². The molecule has 0 spiro atoms. The molecule has 0 bridgehead atoms. The van der Waals surface area contributed by atoms with E-state index in [0.717, 1.165) is 33.7 Å². The van der Waals surface area contributed by atoms with Crippen LogP contribution in [0.1, 0.15) is 60.3 Å². The fourth-order valence-corrected chi connectivity index (χ4v) is 11.3. The molecule has 1 radical (unpaired) electrons. The molecular formula is C60H53IrN3SSi-2. The van der Waals surface area contributed by atoms with Crippen LogP contribution < -0.4 is 5.19 Å². The molecule has 66 heavy (non-hydrogen) atoms. The Labute approximate surface area is 411 Å². The number of benzene rings is 8. The summed E-state index contributed by atoms with van der Waals surface area (Å²) >= 11 is 1.86. The van der Waals surface area contributed by atoms with Gasteiger partial charge in [0.05, 0.1) is 24.9 Å². The van der Waals surface area contributed by atoms with Gasteiger partial charge in [-0.1, -0.05) is 163 Å². The van der Waals surface area contributed by atoms with E-state index < -0.39 is 14.9 Å². The molecule has 3 aromatic heterocycles. The van der Waals surface area contributed by atoms with Crippen LogP contribution in [0.3, 0.4) is 0 Å². The minimum atomic E-state index is -2.08. The van der Waals surface area contributed by atoms with Gasteiger partial charge in [-0.25, -0.2) is 0 Å². The van der Waals surface area contributed by atoms with Crippen LogP contribution in [0.25, 0.3) is 92.2 Å². The molecule has 8 aromatic carbocycles. The molecule has 0 amide bonds. The molecule has 6 heteroatoms. The molecule has 0 aliphatic rings. The summed E-state index contributed by atoms with van der Waals surface area (Å²) in [6, 6.07) is 62.1. The topological polar surface area (TPSA) is 30.7 Å². The zero-order valence-corrected chi connectivity index (χ0v) is 42.5. The summed E-state index contributed by atoms with van der Waals surface area (Å²) in [6.07, 6.45) is 1.92. The van der Waals surface area contributed by atoms with Crippen molar-refractivity contribution in [1.82, 2.24) is 14.5 Å². The molecule has 0 atom stereocenters. The van der Waals surface area contributed by atoms with E-state index in [9.17, 15) is 0 Å². The number of hydrogen-bond acceptors (Lipinski definition) is 3. The second-order valence-corrected chi connectivity index (χ2v) is 24.8. The van der Waals surface area contributed by atoms with Crippen molar-refractivity contribution < 1.29 is 24.2 Å². The van der Waals surface area contributed by atoms with E-state index in [4.69, 9.17) is 9.10 Å². The average molecular weight is 1070 g/mol. The van der Waals surface area contributed by atoms with E-state index in [2.05, 4.69) is 202 Å². The zero-order chi connectivity index (χ0) is 47.5. The number of hydrogen-bond donors (Lipinski definition) is 0. The van der Waals surface area contributed by atoms with Crippen molar-refractivity contribution in [3.63, 3.8) is 0 Å². The van der Waals surface area contributed by atoms with Gasteiger partial charge < -0.3 is 9.55 Å². The minimum absolute atomic E-state index is 0. The Morgan fingerprint density at radius 2 is 1.30 bits per heavy atom. The van der Waals surface area contributed by atoms with E-state index in [0.29, 0.717) is 17.4 Å². The Morgan fingerprint density at radius 3 is 2.00 bits per heavy atom. The summed E-state index contributed by atoms with van der Waals surface area (Å²) in [5.74, 6) is 1.55. The Bertz CT molecular complexity index is 3560. The van der Waals surface area contributed by atoms with Crippen molar-refractivity contribution in [3.8, 4) is 39.5 Å². The van der Waals surface area contributed by atoms with E-state index in [1.807, 2.05) is 23.6 Å². The van der Waals surface area contributed by atoms with Gasteiger partial charge in [-0.2, -0.15) is 11.3 Å². The number of aryl methyl sites for hydroxylation is 1. The second kappa shape index (κ2) is 18.3. The van der Waals surface area contributed by atoms with Crippen LogP contribution in [0.4, 0.5) is 0 Å². The first-order chi connectivity index (χ1) is 32.6. The van der Waals surface area contributed by atoms with Crippen molar-refractivity contribution in [2.45, 2.75) is 66.0 Å². The van der Waals surface area contributed by atoms with E-state index in [1.54, 1.807) is 12.1 Å². The van der Waals surface area contributed by atoms with Crippen LogP contribution in [0.15, 0.2) is 164 Å². The smallest absolute Gasteiger partial charge is 0.0795 e. The fourth-order valence-electron chi connectivity index (χ4n) is 9.02. The molecule has 329 valence electrons. The third kappa shape index (κ3) is 8.48. The molecule has 0 aliphatic carbocycles. The van der Waals surface area contributed by atoms with Gasteiger partial charge >= 0.3 is 0 Å². The van der Waals surface area contributed by atoms with Crippen molar-refractivity contribution >= 4 is 77.3 Å². The number of pyridine rings is 1. The van der Waals surface area contributed by atoms with Crippen molar-refractivity contribution in [1.29, 1.82) is 0 Å². The molecule has 0 saturated heterocycles. The number of imidazole rings is 1. The number of rotatable bonds is 7. The number of fused-ring (bicyclic) bond motifs is 8. The molecule has 0 aliphatic heterocycles. The molecule has 11 rings (SSSR count). The Kier molecular flexibility index (Phi) is 11.5. The van der Waals surface area contributed by atoms with Crippen molar-refractivity contribution in [3.05, 3.63) is 193 Å². The Hall–Kier alpha value is -6.01. The third-order valence-corrected chi connectivity index (χ3v) is 15.8. The van der Waals surface area contributed by atoms with Crippen LogP contribution in [-0.4, -0.2) is 22.6 Å². The molecule has 0 unspecified atom stereocenters. The van der Waals surface area contributed by atoms with E-state index in [1.165, 1.54) is 80.9 Å². The van der Waals surface area contributed by atoms with Crippen LogP contribution >= 0.6 is 11.3 Å². The molecular weight excluding hydrogens is 1020 g/mol. The first kappa shape index (κ1) is 41.4. The van der Waals surface area contributed by atoms with Crippen molar-refractivity contribution in [2.75, 3.05) is 0 Å². The summed E-state index contributed by atoms with van der Waals surface area (Å²) < 4.78 is 27.0. The van der Waals surface area contributed by atoms with Crippen LogP contribution in [0, 0.1) is 19.0 Å². The maximum absolute atomic E-state index is 7.35. The van der Waals surface area contributed by atoms with E-state index in [-0.39, 0.29) is 20.1 Å². The van der Waals surface area contributed by atoms with E-state index >= 15 is 0 Å². The fraction of sp³-hybridized carbons (Fsp3) is 0.167. The maximum Gasteiger partial charge on any atom is 0.0795 e. The molecule has 3 nitrogen and oxygen atoms in total. The largest absolute Gasteiger partial charge is 0.333 e. The molecule has 11 aromatic rings. The predicted octanol–water partition coefficient (Wildman–Crippen LogP) is 16.5. The predicted molar refractivity (Wildman–Crippen MR) is 283 cm³/mol. The van der Waals surface area contributed by atoms with Crippen LogP contribution in [-0.2, 0) is 20.1 Å². The van der Waals surface area contributed by atoms with Crippen molar-refractivity contribution in [2.24, 2.45) is 0 Å². The second-order valence-electron chi connectivity index (χ2n) is 18.7. The summed E-state index contributed by atoms with van der Waals surface area (Å²) in [4.78, 5) is 9.80. The monoisotopic (exact) mass is 1070 g/mol. The summed E-state index contributed by atoms with van der Waals surface area (Å²) in [5.41, 5.74) is 11.5. The number of para-hydroxylation sites is 2. The quantitative estimate of drug-likeness (QED) is 0.0905. The molecule has 0 saturated carbocycles. The molecule has 0 fully saturated rings. The zero-order valence-electron chi connectivity index (χ0n) is 41.3. The van der Waals surface area contributed by atoms with Crippen LogP contribution in [0.2, 0.25) is 19.6 Å². The van der Waals surface area contributed by atoms with Gasteiger partial charge in [-0.05, 0) is 101 Å². The minimum Gasteiger partial charge on any atom is -0.333 e. The first-order valence-electron chi connectivity index (χ1n) is 24.0. The Balaban J connectivity index is 0.000000238. The van der Waals surface area contributed by atoms with Gasteiger partial charge in [0.2, 0.25) is 0 Å². The summed E-state index contributed by atoms with van der Waals surface area (Å²) in [7, 11) is -1.34. The SMILES string of the molecule is CC(C)c1cc(-c2ccccc2)cc(C(C)C)c1-n1c(-c2[c-]cc3sc4c(ccc5c6ccccc6ccc54)c3c2)nc2ccccc21.[2H]C([2H])([2H])c1c[c-]c(-c2ccc([Si](C)(C)C)cn2)cc1.[Ir]. The van der Waals surface area contributed by atoms with Gasteiger partial charge in [0, 0.05) is 40.8 Å². The normalized spacial score (nSPS) is 12.7. The van der Waals surface area contributed by atoms with Gasteiger partial charge in [-0.15, -0.1) is 59.2 Å². The van der Waals surface area contributed by atoms with Gasteiger partial charge in [0.25, 0.3) is 0 Å². The Morgan fingerprint density at radius 1 is 0.621 bits per heavy atom. The van der Waals surface area contributed by atoms with Gasteiger partial charge in [-0.3, -0.25) is 4.98 Å². The first-order valence-corrected chi connectivity index (χ1v) is 26.8. The standard InChI is InChI=1S/C45H35N2S.C15H18NSi.Ir/c1-27(2)37-25-32(29-12-6-5-7-13-29)26-38(28(3)4)43(37)47-41-17-11-10-16-40(41)46-45(47)31-19-23-42-39(24-31)36-22-21-34-33-15-9-8-14-30(33)18-20-35(34)44(36)48-42;1-12-5-7-13(8-6-12)15-10-9-14(11-16-15)17(2,3)4;/h5-18,20-28H,1-4H3;5-7,9-11H,1-4H3;/q2*-1;/i;1D3;.